The van der Waals surface area contributed by atoms with E-state index in [0.29, 0.717) is 10.8 Å². The van der Waals surface area contributed by atoms with Gasteiger partial charge in [-0.1, -0.05) is 0 Å². The van der Waals surface area contributed by atoms with Gasteiger partial charge in [0.1, 0.15) is 15.0 Å². The zero-order chi connectivity index (χ0) is 16.6. The quantitative estimate of drug-likeness (QED) is 0.660. The Morgan fingerprint density at radius 1 is 1.22 bits per heavy atom. The first-order valence-electron chi connectivity index (χ1n) is 6.95. The summed E-state index contributed by atoms with van der Waals surface area (Å²) in [4.78, 5) is 12.0. The molecule has 1 aromatic heterocycles. The lowest BCUT2D eigenvalue weighted by Crippen LogP contribution is -2.27. The topological polar surface area (TPSA) is 83.9 Å². The van der Waals surface area contributed by atoms with E-state index >= 15 is 0 Å². The van der Waals surface area contributed by atoms with Crippen molar-refractivity contribution < 1.29 is 23.2 Å². The summed E-state index contributed by atoms with van der Waals surface area (Å²) in [6, 6.07) is 8.87. The number of anilines is 1. The lowest BCUT2D eigenvalue weighted by atomic mass is 10.3. The van der Waals surface area contributed by atoms with E-state index in [-0.39, 0.29) is 25.9 Å². The fourth-order valence-corrected chi connectivity index (χ4v) is 4.66. The van der Waals surface area contributed by atoms with Crippen LogP contribution in [0.3, 0.4) is 0 Å². The van der Waals surface area contributed by atoms with Gasteiger partial charge in [0.05, 0.1) is 12.0 Å². The number of sulfone groups is 1. The molecule has 0 atom stereocenters. The van der Waals surface area contributed by atoms with Crippen LogP contribution in [-0.4, -0.2) is 26.6 Å². The van der Waals surface area contributed by atoms with Crippen molar-refractivity contribution in [3.8, 4) is 5.75 Å². The van der Waals surface area contributed by atoms with Crippen molar-refractivity contribution in [3.05, 3.63) is 36.4 Å². The smallest absolute Gasteiger partial charge is 0.254 e. The SMILES string of the molecule is COc1ccc(S(=O)(=O)c2ccc(N(O)C(=O)C3CC3)s2)cc1. The van der Waals surface area contributed by atoms with Gasteiger partial charge in [-0.25, -0.2) is 8.42 Å². The van der Waals surface area contributed by atoms with Gasteiger partial charge >= 0.3 is 0 Å². The number of rotatable bonds is 5. The molecule has 1 heterocycles. The van der Waals surface area contributed by atoms with Gasteiger partial charge in [-0.15, -0.1) is 11.3 Å². The summed E-state index contributed by atoms with van der Waals surface area (Å²) in [6.45, 7) is 0. The second kappa shape index (κ2) is 5.95. The highest BCUT2D eigenvalue weighted by Crippen LogP contribution is 2.36. The molecule has 122 valence electrons. The molecule has 3 rings (SSSR count). The van der Waals surface area contributed by atoms with Gasteiger partial charge in [-0.05, 0) is 49.2 Å². The molecule has 6 nitrogen and oxygen atoms in total. The number of carbonyl (C=O) groups is 1. The van der Waals surface area contributed by atoms with Crippen LogP contribution in [0.2, 0.25) is 0 Å². The number of benzene rings is 1. The van der Waals surface area contributed by atoms with Crippen molar-refractivity contribution in [1.82, 2.24) is 0 Å². The third kappa shape index (κ3) is 3.10. The predicted octanol–water partition coefficient (Wildman–Crippen LogP) is 2.72. The average Bonchev–Trinajstić information content (AvgIpc) is 3.29. The van der Waals surface area contributed by atoms with E-state index in [9.17, 15) is 18.4 Å². The molecule has 0 saturated heterocycles. The monoisotopic (exact) mass is 353 g/mol. The zero-order valence-corrected chi connectivity index (χ0v) is 13.9. The second-order valence-electron chi connectivity index (χ2n) is 5.20. The van der Waals surface area contributed by atoms with Gasteiger partial charge in [0, 0.05) is 5.92 Å². The van der Waals surface area contributed by atoms with Crippen LogP contribution in [0.1, 0.15) is 12.8 Å². The number of hydrogen-bond donors (Lipinski definition) is 1. The number of hydrogen-bond acceptors (Lipinski definition) is 6. The van der Waals surface area contributed by atoms with Gasteiger partial charge in [-0.3, -0.25) is 10.0 Å². The Bertz CT molecular complexity index is 822. The summed E-state index contributed by atoms with van der Waals surface area (Å²) >= 11 is 0.862. The minimum atomic E-state index is -3.69. The molecule has 2 aromatic rings. The van der Waals surface area contributed by atoms with Crippen molar-refractivity contribution in [2.24, 2.45) is 5.92 Å². The molecular weight excluding hydrogens is 338 g/mol. The van der Waals surface area contributed by atoms with Crippen molar-refractivity contribution in [1.29, 1.82) is 0 Å². The molecule has 0 bridgehead atoms. The van der Waals surface area contributed by atoms with E-state index in [4.69, 9.17) is 4.74 Å². The van der Waals surface area contributed by atoms with Gasteiger partial charge in [0.2, 0.25) is 9.84 Å². The molecule has 0 unspecified atom stereocenters. The van der Waals surface area contributed by atoms with Crippen LogP contribution in [0.15, 0.2) is 45.5 Å². The number of ether oxygens (including phenoxy) is 1. The second-order valence-corrected chi connectivity index (χ2v) is 8.43. The number of hydroxylamine groups is 1. The minimum Gasteiger partial charge on any atom is -0.497 e. The van der Waals surface area contributed by atoms with Gasteiger partial charge in [-0.2, -0.15) is 5.06 Å². The summed E-state index contributed by atoms with van der Waals surface area (Å²) in [5.74, 6) is 0.0244. The lowest BCUT2D eigenvalue weighted by Gasteiger charge is -2.11. The van der Waals surface area contributed by atoms with Crippen molar-refractivity contribution in [3.63, 3.8) is 0 Å². The molecule has 1 aromatic carbocycles. The van der Waals surface area contributed by atoms with Crippen LogP contribution in [-0.2, 0) is 14.6 Å². The molecular formula is C15H15NO5S2. The Morgan fingerprint density at radius 3 is 2.43 bits per heavy atom. The predicted molar refractivity (Wildman–Crippen MR) is 84.8 cm³/mol. The average molecular weight is 353 g/mol. The number of amides is 1. The molecule has 23 heavy (non-hydrogen) atoms. The maximum absolute atomic E-state index is 12.6. The molecule has 0 spiro atoms. The zero-order valence-electron chi connectivity index (χ0n) is 12.3. The highest BCUT2D eigenvalue weighted by Gasteiger charge is 2.34. The largest absolute Gasteiger partial charge is 0.497 e. The lowest BCUT2D eigenvalue weighted by molar-refractivity contribution is -0.124. The molecule has 1 fully saturated rings. The fourth-order valence-electron chi connectivity index (χ4n) is 2.05. The summed E-state index contributed by atoms with van der Waals surface area (Å²) in [6.07, 6.45) is 1.52. The van der Waals surface area contributed by atoms with Crippen LogP contribution in [0.25, 0.3) is 0 Å². The molecule has 1 saturated carbocycles. The van der Waals surface area contributed by atoms with E-state index in [1.807, 2.05) is 0 Å². The first-order valence-corrected chi connectivity index (χ1v) is 9.25. The molecule has 1 amide bonds. The Balaban J connectivity index is 1.86. The van der Waals surface area contributed by atoms with Crippen molar-refractivity contribution in [2.45, 2.75) is 21.9 Å². The summed E-state index contributed by atoms with van der Waals surface area (Å²) < 4.78 is 30.2. The van der Waals surface area contributed by atoms with E-state index in [2.05, 4.69) is 0 Å². The summed E-state index contributed by atoms with van der Waals surface area (Å²) in [5.41, 5.74) is 0. The van der Waals surface area contributed by atoms with Crippen LogP contribution >= 0.6 is 11.3 Å². The molecule has 8 heteroatoms. The van der Waals surface area contributed by atoms with E-state index in [0.717, 1.165) is 24.2 Å². The third-order valence-corrected chi connectivity index (χ3v) is 6.87. The number of nitrogens with zero attached hydrogens (tertiary/aromatic N) is 1. The van der Waals surface area contributed by atoms with E-state index in [1.165, 1.54) is 31.4 Å². The Morgan fingerprint density at radius 2 is 1.87 bits per heavy atom. The maximum atomic E-state index is 12.6. The van der Waals surface area contributed by atoms with E-state index in [1.54, 1.807) is 12.1 Å². The summed E-state index contributed by atoms with van der Waals surface area (Å²) in [7, 11) is -2.19. The number of carbonyl (C=O) groups excluding carboxylic acids is 1. The first-order chi connectivity index (χ1) is 10.9. The van der Waals surface area contributed by atoms with Crippen LogP contribution in [0.5, 0.6) is 5.75 Å². The molecule has 1 aliphatic carbocycles. The third-order valence-electron chi connectivity index (χ3n) is 3.55. The Labute approximate surface area is 137 Å². The highest BCUT2D eigenvalue weighted by molar-refractivity contribution is 7.93. The van der Waals surface area contributed by atoms with Gasteiger partial charge in [0.25, 0.3) is 5.91 Å². The highest BCUT2D eigenvalue weighted by atomic mass is 32.2. The standard InChI is InChI=1S/C15H15NO5S2/c1-21-11-4-6-12(7-5-11)23(19,20)14-9-8-13(22-14)16(18)15(17)10-2-3-10/h4-10,18H,2-3H2,1H3. The van der Waals surface area contributed by atoms with E-state index < -0.39 is 9.84 Å². The molecule has 1 aliphatic rings. The number of thiophene rings is 1. The van der Waals surface area contributed by atoms with Crippen molar-refractivity contribution >= 4 is 32.1 Å². The van der Waals surface area contributed by atoms with Gasteiger partial charge in [0.15, 0.2) is 0 Å². The Kier molecular flexibility index (Phi) is 4.13. The first kappa shape index (κ1) is 16.0. The van der Waals surface area contributed by atoms with Crippen LogP contribution in [0, 0.1) is 5.92 Å². The Hall–Kier alpha value is -1.90. The van der Waals surface area contributed by atoms with Crippen LogP contribution < -0.4 is 9.80 Å². The normalized spacial score (nSPS) is 14.5. The maximum Gasteiger partial charge on any atom is 0.254 e. The molecule has 0 radical (unpaired) electrons. The number of methoxy groups -OCH3 is 1. The van der Waals surface area contributed by atoms with Crippen molar-refractivity contribution in [2.75, 3.05) is 12.2 Å². The van der Waals surface area contributed by atoms with Gasteiger partial charge < -0.3 is 4.74 Å². The fraction of sp³-hybridized carbons (Fsp3) is 0.267. The molecule has 1 N–H and O–H groups in total. The molecule has 0 aliphatic heterocycles. The van der Waals surface area contributed by atoms with Crippen LogP contribution in [0.4, 0.5) is 5.00 Å². The minimum absolute atomic E-state index is 0.0697. The summed E-state index contributed by atoms with van der Waals surface area (Å²) in [5, 5.41) is 10.7.